The van der Waals surface area contributed by atoms with E-state index in [4.69, 9.17) is 5.73 Å². The molecule has 1 aromatic carbocycles. The molecule has 0 atom stereocenters. The van der Waals surface area contributed by atoms with Crippen molar-refractivity contribution in [2.24, 2.45) is 0 Å². The Balaban J connectivity index is 2.52. The lowest BCUT2D eigenvalue weighted by Crippen LogP contribution is -1.98. The van der Waals surface area contributed by atoms with Gasteiger partial charge in [0, 0.05) is 4.47 Å². The molecule has 2 N–H and O–H groups in total. The molecule has 2 aromatic rings. The molecule has 0 saturated heterocycles. The maximum atomic E-state index is 13.4. The maximum absolute atomic E-state index is 13.4. The van der Waals surface area contributed by atoms with Crippen LogP contribution in [0.1, 0.15) is 0 Å². The monoisotopic (exact) mass is 256 g/mol. The summed E-state index contributed by atoms with van der Waals surface area (Å²) in [4.78, 5) is 0. The number of nitrogen functional groups attached to an aromatic ring is 1. The van der Waals surface area contributed by atoms with Gasteiger partial charge in [0.25, 0.3) is 0 Å². The minimum atomic E-state index is -0.385. The average Bonchev–Trinajstić information content (AvgIpc) is 2.51. The summed E-state index contributed by atoms with van der Waals surface area (Å²) < 4.78 is 15.3. The molecule has 0 amide bonds. The lowest BCUT2D eigenvalue weighted by molar-refractivity contribution is 0.606. The molecule has 6 heteroatoms. The van der Waals surface area contributed by atoms with Gasteiger partial charge >= 0.3 is 0 Å². The van der Waals surface area contributed by atoms with Crippen molar-refractivity contribution in [3.05, 3.63) is 34.7 Å². The van der Waals surface area contributed by atoms with Crippen LogP contribution in [0.25, 0.3) is 5.69 Å². The van der Waals surface area contributed by atoms with Crippen molar-refractivity contribution in [3.8, 4) is 5.69 Å². The lowest BCUT2D eigenvalue weighted by Gasteiger charge is -2.01. The molecule has 0 spiro atoms. The first-order chi connectivity index (χ1) is 6.66. The first-order valence-electron chi connectivity index (χ1n) is 3.80. The van der Waals surface area contributed by atoms with Gasteiger partial charge in [-0.3, -0.25) is 0 Å². The van der Waals surface area contributed by atoms with Crippen LogP contribution < -0.4 is 5.73 Å². The summed E-state index contributed by atoms with van der Waals surface area (Å²) >= 11 is 3.16. The molecule has 0 aliphatic heterocycles. The molecule has 1 heterocycles. The highest BCUT2D eigenvalue weighted by atomic mass is 79.9. The highest BCUT2D eigenvalue weighted by Crippen LogP contribution is 2.18. The third-order valence-corrected chi connectivity index (χ3v) is 2.16. The Kier molecular flexibility index (Phi) is 2.20. The number of hydrogen-bond donors (Lipinski definition) is 1. The van der Waals surface area contributed by atoms with Crippen LogP contribution in [0.4, 0.5) is 10.2 Å². The Morgan fingerprint density at radius 2 is 2.21 bits per heavy atom. The third kappa shape index (κ3) is 1.60. The second-order valence-corrected chi connectivity index (χ2v) is 3.60. The van der Waals surface area contributed by atoms with Crippen LogP contribution in [-0.4, -0.2) is 15.0 Å². The van der Waals surface area contributed by atoms with Crippen molar-refractivity contribution in [2.45, 2.75) is 0 Å². The Bertz CT molecular complexity index is 468. The van der Waals surface area contributed by atoms with Crippen molar-refractivity contribution >= 4 is 21.7 Å². The largest absolute Gasteiger partial charge is 0.381 e. The molecular weight excluding hydrogens is 251 g/mol. The van der Waals surface area contributed by atoms with Gasteiger partial charge in [0.05, 0.1) is 6.20 Å². The van der Waals surface area contributed by atoms with Crippen LogP contribution in [-0.2, 0) is 0 Å². The van der Waals surface area contributed by atoms with Gasteiger partial charge in [-0.2, -0.15) is 0 Å². The summed E-state index contributed by atoms with van der Waals surface area (Å²) in [6.07, 6.45) is 1.45. The fraction of sp³-hybridized carbons (Fsp3) is 0. The predicted molar refractivity (Wildman–Crippen MR) is 53.4 cm³/mol. The van der Waals surface area contributed by atoms with E-state index >= 15 is 0 Å². The maximum Gasteiger partial charge on any atom is 0.166 e. The molecule has 0 unspecified atom stereocenters. The van der Waals surface area contributed by atoms with E-state index in [1.807, 2.05) is 0 Å². The van der Waals surface area contributed by atoms with Gasteiger partial charge in [-0.15, -0.1) is 5.10 Å². The molecule has 0 saturated carbocycles. The number of halogens is 2. The molecule has 0 aliphatic rings. The number of hydrogen-bond acceptors (Lipinski definition) is 3. The topological polar surface area (TPSA) is 56.7 Å². The van der Waals surface area contributed by atoms with Crippen molar-refractivity contribution in [3.63, 3.8) is 0 Å². The highest BCUT2D eigenvalue weighted by Gasteiger charge is 2.06. The number of benzene rings is 1. The molecule has 14 heavy (non-hydrogen) atoms. The minimum Gasteiger partial charge on any atom is -0.381 e. The van der Waals surface area contributed by atoms with Crippen LogP contribution in [0.5, 0.6) is 0 Å². The molecule has 4 nitrogen and oxygen atoms in total. The van der Waals surface area contributed by atoms with E-state index in [-0.39, 0.29) is 11.6 Å². The zero-order valence-corrected chi connectivity index (χ0v) is 8.57. The zero-order valence-electron chi connectivity index (χ0n) is 6.98. The number of rotatable bonds is 1. The van der Waals surface area contributed by atoms with Gasteiger partial charge in [-0.1, -0.05) is 21.1 Å². The van der Waals surface area contributed by atoms with Crippen molar-refractivity contribution in [2.75, 3.05) is 5.73 Å². The fourth-order valence-corrected chi connectivity index (χ4v) is 1.39. The van der Waals surface area contributed by atoms with E-state index < -0.39 is 0 Å². The molecular formula is C8H6BrFN4. The van der Waals surface area contributed by atoms with Crippen LogP contribution in [0.3, 0.4) is 0 Å². The Morgan fingerprint density at radius 1 is 1.43 bits per heavy atom. The van der Waals surface area contributed by atoms with Gasteiger partial charge in [0.2, 0.25) is 0 Å². The second-order valence-electron chi connectivity index (χ2n) is 2.68. The van der Waals surface area contributed by atoms with E-state index in [1.54, 1.807) is 12.1 Å². The Hall–Kier alpha value is -1.43. The van der Waals surface area contributed by atoms with Crippen LogP contribution >= 0.6 is 15.9 Å². The number of nitrogens with zero attached hydrogens (tertiary/aromatic N) is 3. The molecule has 0 bridgehead atoms. The van der Waals surface area contributed by atoms with Gasteiger partial charge in [0.15, 0.2) is 5.82 Å². The fourth-order valence-electron chi connectivity index (χ4n) is 1.06. The SMILES string of the molecule is Nc1cn(-c2ccc(Br)cc2F)nn1. The van der Waals surface area contributed by atoms with Crippen LogP contribution in [0.15, 0.2) is 28.9 Å². The summed E-state index contributed by atoms with van der Waals surface area (Å²) in [6.45, 7) is 0. The van der Waals surface area contributed by atoms with Crippen molar-refractivity contribution in [1.29, 1.82) is 0 Å². The van der Waals surface area contributed by atoms with Crippen molar-refractivity contribution in [1.82, 2.24) is 15.0 Å². The first kappa shape index (κ1) is 9.14. The van der Waals surface area contributed by atoms with Gasteiger partial charge in [0.1, 0.15) is 11.5 Å². The summed E-state index contributed by atoms with van der Waals surface area (Å²) in [7, 11) is 0. The lowest BCUT2D eigenvalue weighted by atomic mass is 10.3. The molecule has 2 rings (SSSR count). The van der Waals surface area contributed by atoms with Gasteiger partial charge in [-0.25, -0.2) is 9.07 Å². The van der Waals surface area contributed by atoms with Crippen LogP contribution in [0.2, 0.25) is 0 Å². The van der Waals surface area contributed by atoms with Crippen LogP contribution in [0, 0.1) is 5.82 Å². The Morgan fingerprint density at radius 3 is 2.79 bits per heavy atom. The summed E-state index contributed by atoms with van der Waals surface area (Å²) in [5, 5.41) is 7.23. The van der Waals surface area contributed by atoms with E-state index in [0.717, 1.165) is 0 Å². The zero-order chi connectivity index (χ0) is 10.1. The highest BCUT2D eigenvalue weighted by molar-refractivity contribution is 9.10. The predicted octanol–water partition coefficient (Wildman–Crippen LogP) is 1.75. The van der Waals surface area contributed by atoms with Gasteiger partial charge < -0.3 is 5.73 Å². The summed E-state index contributed by atoms with van der Waals surface area (Å²) in [5.74, 6) is -0.128. The Labute approximate surface area is 87.7 Å². The number of nitrogens with two attached hydrogens (primary N) is 1. The second kappa shape index (κ2) is 3.38. The standard InChI is InChI=1S/C8H6BrFN4/c9-5-1-2-7(6(10)3-5)14-4-8(11)12-13-14/h1-4H,11H2. The average molecular weight is 257 g/mol. The quantitative estimate of drug-likeness (QED) is 0.846. The minimum absolute atomic E-state index is 0.257. The van der Waals surface area contributed by atoms with Crippen molar-refractivity contribution < 1.29 is 4.39 Å². The molecule has 0 aliphatic carbocycles. The number of anilines is 1. The summed E-state index contributed by atoms with van der Waals surface area (Å²) in [6, 6.07) is 4.66. The number of aromatic nitrogens is 3. The first-order valence-corrected chi connectivity index (χ1v) is 4.59. The molecule has 0 radical (unpaired) electrons. The smallest absolute Gasteiger partial charge is 0.166 e. The molecule has 72 valence electrons. The van der Waals surface area contributed by atoms with Gasteiger partial charge in [-0.05, 0) is 18.2 Å². The molecule has 1 aromatic heterocycles. The third-order valence-electron chi connectivity index (χ3n) is 1.67. The summed E-state index contributed by atoms with van der Waals surface area (Å²) in [5.41, 5.74) is 5.69. The van der Waals surface area contributed by atoms with E-state index in [0.29, 0.717) is 10.2 Å². The van der Waals surface area contributed by atoms with E-state index in [1.165, 1.54) is 16.9 Å². The van der Waals surface area contributed by atoms with E-state index in [9.17, 15) is 4.39 Å². The molecule has 0 fully saturated rings. The van der Waals surface area contributed by atoms with E-state index in [2.05, 4.69) is 26.2 Å². The normalized spacial score (nSPS) is 10.4.